The number of alkyl halides is 3. The Kier molecular flexibility index (Phi) is 3.98. The fourth-order valence-electron chi connectivity index (χ4n) is 2.12. The van der Waals surface area contributed by atoms with Crippen molar-refractivity contribution in [1.82, 2.24) is 0 Å². The minimum absolute atomic E-state index is 0.345. The Labute approximate surface area is 130 Å². The van der Waals surface area contributed by atoms with Crippen molar-refractivity contribution in [3.8, 4) is 0 Å². The molecule has 2 nitrogen and oxygen atoms in total. The predicted octanol–water partition coefficient (Wildman–Crippen LogP) is 5.37. The van der Waals surface area contributed by atoms with Gasteiger partial charge in [0, 0.05) is 11.4 Å². The standard InChI is InChI=1S/C17H14F4N2/c18-13-6-8-14(9-7-13)22-16(11-4-5-11)23-15-3-1-2-12(10-15)17(19,20)21/h1-3,6-10,22-23H,4-5H2. The third kappa shape index (κ3) is 4.03. The van der Waals surface area contributed by atoms with Gasteiger partial charge in [-0.3, -0.25) is 0 Å². The number of hydrogen-bond donors (Lipinski definition) is 2. The molecule has 2 aromatic rings. The highest BCUT2D eigenvalue weighted by Gasteiger charge is 2.30. The smallest absolute Gasteiger partial charge is 0.342 e. The number of halogens is 4. The highest BCUT2D eigenvalue weighted by Crippen LogP contribution is 2.34. The van der Waals surface area contributed by atoms with E-state index < -0.39 is 11.7 Å². The largest absolute Gasteiger partial charge is 0.416 e. The van der Waals surface area contributed by atoms with Gasteiger partial charge in [0.1, 0.15) is 11.6 Å². The Morgan fingerprint density at radius 1 is 0.870 bits per heavy atom. The third-order valence-corrected chi connectivity index (χ3v) is 3.43. The first kappa shape index (κ1) is 15.4. The lowest BCUT2D eigenvalue weighted by Gasteiger charge is -2.15. The highest BCUT2D eigenvalue weighted by molar-refractivity contribution is 5.59. The molecule has 6 heteroatoms. The van der Waals surface area contributed by atoms with Crippen molar-refractivity contribution >= 4 is 11.4 Å². The molecular weight excluding hydrogens is 308 g/mol. The van der Waals surface area contributed by atoms with E-state index in [2.05, 4.69) is 10.6 Å². The van der Waals surface area contributed by atoms with Crippen molar-refractivity contribution in [3.63, 3.8) is 0 Å². The van der Waals surface area contributed by atoms with E-state index in [1.807, 2.05) is 0 Å². The van der Waals surface area contributed by atoms with Gasteiger partial charge < -0.3 is 10.6 Å². The summed E-state index contributed by atoms with van der Waals surface area (Å²) in [7, 11) is 0. The van der Waals surface area contributed by atoms with E-state index in [9.17, 15) is 17.6 Å². The summed E-state index contributed by atoms with van der Waals surface area (Å²) in [5.74, 6) is 0.304. The average Bonchev–Trinajstić information content (AvgIpc) is 3.33. The number of nitrogens with one attached hydrogen (secondary N) is 2. The van der Waals surface area contributed by atoms with Gasteiger partial charge in [-0.05, 0) is 60.9 Å². The summed E-state index contributed by atoms with van der Waals surface area (Å²) in [6, 6.07) is 10.8. The minimum Gasteiger partial charge on any atom is -0.342 e. The second-order valence-electron chi connectivity index (χ2n) is 5.31. The van der Waals surface area contributed by atoms with Crippen LogP contribution in [0.2, 0.25) is 0 Å². The molecule has 0 aromatic heterocycles. The Morgan fingerprint density at radius 2 is 1.52 bits per heavy atom. The van der Waals surface area contributed by atoms with Gasteiger partial charge in [0.05, 0.1) is 5.56 Å². The van der Waals surface area contributed by atoms with E-state index in [0.29, 0.717) is 17.2 Å². The van der Waals surface area contributed by atoms with Crippen LogP contribution >= 0.6 is 0 Å². The molecule has 0 spiro atoms. The molecule has 0 aliphatic heterocycles. The number of benzene rings is 2. The van der Waals surface area contributed by atoms with Crippen molar-refractivity contribution in [2.45, 2.75) is 19.0 Å². The van der Waals surface area contributed by atoms with Crippen LogP contribution in [0.3, 0.4) is 0 Å². The molecule has 0 heterocycles. The summed E-state index contributed by atoms with van der Waals surface area (Å²) in [4.78, 5) is 0. The van der Waals surface area contributed by atoms with Gasteiger partial charge in [-0.1, -0.05) is 6.07 Å². The van der Waals surface area contributed by atoms with Gasteiger partial charge in [0.2, 0.25) is 0 Å². The molecule has 0 radical (unpaired) electrons. The molecule has 1 saturated carbocycles. The summed E-state index contributed by atoms with van der Waals surface area (Å²) in [5, 5.41) is 6.09. The SMILES string of the molecule is Fc1ccc(NC(Nc2cccc(C(F)(F)F)c2)=C2CC2)cc1. The summed E-state index contributed by atoms with van der Waals surface area (Å²) in [5.41, 5.74) is 1.40. The van der Waals surface area contributed by atoms with Crippen molar-refractivity contribution < 1.29 is 17.6 Å². The van der Waals surface area contributed by atoms with Gasteiger partial charge in [0.15, 0.2) is 0 Å². The molecule has 1 aliphatic carbocycles. The fraction of sp³-hybridized carbons (Fsp3) is 0.176. The molecule has 0 unspecified atom stereocenters. The van der Waals surface area contributed by atoms with Crippen molar-refractivity contribution in [1.29, 1.82) is 0 Å². The quantitative estimate of drug-likeness (QED) is 0.739. The van der Waals surface area contributed by atoms with Crippen LogP contribution in [0.4, 0.5) is 28.9 Å². The third-order valence-electron chi connectivity index (χ3n) is 3.43. The van der Waals surface area contributed by atoms with E-state index in [1.165, 1.54) is 18.2 Å². The molecular formula is C17H14F4N2. The first-order valence-electron chi connectivity index (χ1n) is 7.11. The second kappa shape index (κ2) is 5.95. The van der Waals surface area contributed by atoms with Crippen LogP contribution in [0.5, 0.6) is 0 Å². The lowest BCUT2D eigenvalue weighted by atomic mass is 10.2. The fourth-order valence-corrected chi connectivity index (χ4v) is 2.12. The van der Waals surface area contributed by atoms with Crippen LogP contribution in [0.15, 0.2) is 59.9 Å². The van der Waals surface area contributed by atoms with Crippen LogP contribution in [-0.4, -0.2) is 0 Å². The van der Waals surface area contributed by atoms with E-state index in [4.69, 9.17) is 0 Å². The Bertz CT molecular complexity index is 727. The number of allylic oxidation sites excluding steroid dienone is 1. The van der Waals surface area contributed by atoms with Gasteiger partial charge in [-0.15, -0.1) is 0 Å². The van der Waals surface area contributed by atoms with Crippen molar-refractivity contribution in [2.24, 2.45) is 0 Å². The summed E-state index contributed by atoms with van der Waals surface area (Å²) in [6.07, 6.45) is -2.61. The molecule has 2 aromatic carbocycles. The van der Waals surface area contributed by atoms with E-state index in [-0.39, 0.29) is 5.82 Å². The maximum absolute atomic E-state index is 12.9. The van der Waals surface area contributed by atoms with Gasteiger partial charge in [-0.25, -0.2) is 4.39 Å². The molecule has 120 valence electrons. The second-order valence-corrected chi connectivity index (χ2v) is 5.31. The van der Waals surface area contributed by atoms with Crippen molar-refractivity contribution in [3.05, 3.63) is 71.3 Å². The number of rotatable bonds is 4. The van der Waals surface area contributed by atoms with E-state index in [1.54, 1.807) is 18.2 Å². The Balaban J connectivity index is 1.79. The normalized spacial score (nSPS) is 13.7. The number of anilines is 2. The first-order valence-corrected chi connectivity index (χ1v) is 7.11. The lowest BCUT2D eigenvalue weighted by molar-refractivity contribution is -0.137. The zero-order valence-electron chi connectivity index (χ0n) is 12.0. The zero-order valence-corrected chi connectivity index (χ0v) is 12.0. The van der Waals surface area contributed by atoms with Crippen LogP contribution in [-0.2, 0) is 6.18 Å². The maximum Gasteiger partial charge on any atom is 0.416 e. The lowest BCUT2D eigenvalue weighted by Crippen LogP contribution is -2.11. The molecule has 1 fully saturated rings. The summed E-state index contributed by atoms with van der Waals surface area (Å²) in [6.45, 7) is 0. The molecule has 0 atom stereocenters. The first-order chi connectivity index (χ1) is 10.9. The van der Waals surface area contributed by atoms with Gasteiger partial charge in [0.25, 0.3) is 0 Å². The average molecular weight is 322 g/mol. The predicted molar refractivity (Wildman–Crippen MR) is 81.3 cm³/mol. The molecule has 0 amide bonds. The zero-order chi connectivity index (χ0) is 16.4. The Morgan fingerprint density at radius 3 is 2.13 bits per heavy atom. The summed E-state index contributed by atoms with van der Waals surface area (Å²) < 4.78 is 51.2. The van der Waals surface area contributed by atoms with Crippen LogP contribution in [0.1, 0.15) is 18.4 Å². The topological polar surface area (TPSA) is 24.1 Å². The Hall–Kier alpha value is -2.50. The van der Waals surface area contributed by atoms with Gasteiger partial charge >= 0.3 is 6.18 Å². The molecule has 2 N–H and O–H groups in total. The highest BCUT2D eigenvalue weighted by atomic mass is 19.4. The molecule has 23 heavy (non-hydrogen) atoms. The van der Waals surface area contributed by atoms with Crippen LogP contribution in [0.25, 0.3) is 0 Å². The number of hydrogen-bond acceptors (Lipinski definition) is 2. The molecule has 0 bridgehead atoms. The summed E-state index contributed by atoms with van der Waals surface area (Å²) >= 11 is 0. The van der Waals surface area contributed by atoms with Gasteiger partial charge in [-0.2, -0.15) is 13.2 Å². The molecule has 3 rings (SSSR count). The van der Waals surface area contributed by atoms with Crippen LogP contribution in [0, 0.1) is 5.82 Å². The minimum atomic E-state index is -4.38. The monoisotopic (exact) mass is 322 g/mol. The molecule has 1 aliphatic rings. The van der Waals surface area contributed by atoms with E-state index >= 15 is 0 Å². The van der Waals surface area contributed by atoms with Crippen LogP contribution < -0.4 is 10.6 Å². The maximum atomic E-state index is 12.9. The van der Waals surface area contributed by atoms with E-state index in [0.717, 1.165) is 30.5 Å². The van der Waals surface area contributed by atoms with Crippen molar-refractivity contribution in [2.75, 3.05) is 10.6 Å². The molecule has 0 saturated heterocycles.